The Kier molecular flexibility index (Phi) is 4.25. The summed E-state index contributed by atoms with van der Waals surface area (Å²) in [5.41, 5.74) is 0.620. The van der Waals surface area contributed by atoms with Gasteiger partial charge < -0.3 is 4.90 Å². The number of nitrogens with zero attached hydrogens (tertiary/aromatic N) is 1. The molecule has 1 amide bonds. The van der Waals surface area contributed by atoms with Crippen molar-refractivity contribution in [2.75, 3.05) is 13.1 Å². The molecule has 3 nitrogen and oxygen atoms in total. The summed E-state index contributed by atoms with van der Waals surface area (Å²) >= 11 is 11.2. The summed E-state index contributed by atoms with van der Waals surface area (Å²) in [5.74, 6) is -0.131. The molecule has 1 aromatic rings. The van der Waals surface area contributed by atoms with E-state index < -0.39 is 0 Å². The van der Waals surface area contributed by atoms with Gasteiger partial charge in [-0.15, -0.1) is 0 Å². The molecule has 0 aliphatic carbocycles. The highest BCUT2D eigenvalue weighted by atomic mass is 35.5. The molecule has 1 fully saturated rings. The van der Waals surface area contributed by atoms with Crippen LogP contribution in [-0.2, 0) is 4.79 Å². The molecule has 96 valence electrons. The lowest BCUT2D eigenvalue weighted by Crippen LogP contribution is -2.39. The lowest BCUT2D eigenvalue weighted by atomic mass is 9.98. The molecule has 0 radical (unpaired) electrons. The van der Waals surface area contributed by atoms with Gasteiger partial charge in [0.2, 0.25) is 5.24 Å². The molecule has 18 heavy (non-hydrogen) atoms. The molecule has 1 aliphatic rings. The molecule has 0 bridgehead atoms. The SMILES string of the molecule is O=C(Cl)C1CCN(C(=O)c2ccc(Cl)cc2)CC1. The average molecular weight is 286 g/mol. The van der Waals surface area contributed by atoms with Crippen LogP contribution in [-0.4, -0.2) is 29.1 Å². The zero-order chi connectivity index (χ0) is 13.1. The maximum atomic E-state index is 12.2. The van der Waals surface area contributed by atoms with Crippen molar-refractivity contribution in [3.8, 4) is 0 Å². The van der Waals surface area contributed by atoms with Crippen molar-refractivity contribution < 1.29 is 9.59 Å². The Hall–Kier alpha value is -1.06. The smallest absolute Gasteiger partial charge is 0.253 e. The van der Waals surface area contributed by atoms with Crippen molar-refractivity contribution in [2.24, 2.45) is 5.92 Å². The van der Waals surface area contributed by atoms with E-state index in [0.717, 1.165) is 0 Å². The topological polar surface area (TPSA) is 37.4 Å². The second-order valence-electron chi connectivity index (χ2n) is 4.38. The molecule has 0 spiro atoms. The first-order valence-corrected chi connectivity index (χ1v) is 6.57. The van der Waals surface area contributed by atoms with E-state index in [0.29, 0.717) is 36.5 Å². The summed E-state index contributed by atoms with van der Waals surface area (Å²) < 4.78 is 0. The number of benzene rings is 1. The largest absolute Gasteiger partial charge is 0.339 e. The predicted molar refractivity (Wildman–Crippen MR) is 70.9 cm³/mol. The fourth-order valence-electron chi connectivity index (χ4n) is 2.08. The van der Waals surface area contributed by atoms with Crippen molar-refractivity contribution in [1.29, 1.82) is 0 Å². The van der Waals surface area contributed by atoms with Crippen LogP contribution < -0.4 is 0 Å². The Labute approximate surface area is 116 Å². The quantitative estimate of drug-likeness (QED) is 0.784. The second-order valence-corrected chi connectivity index (χ2v) is 5.19. The van der Waals surface area contributed by atoms with Crippen molar-refractivity contribution in [3.63, 3.8) is 0 Å². The number of likely N-dealkylation sites (tertiary alicyclic amines) is 1. The molecule has 0 N–H and O–H groups in total. The van der Waals surface area contributed by atoms with Gasteiger partial charge in [0.1, 0.15) is 0 Å². The first kappa shape index (κ1) is 13.4. The second kappa shape index (κ2) is 5.72. The van der Waals surface area contributed by atoms with Crippen LogP contribution in [0.25, 0.3) is 0 Å². The minimum absolute atomic E-state index is 0.0212. The van der Waals surface area contributed by atoms with E-state index in [1.165, 1.54) is 0 Å². The van der Waals surface area contributed by atoms with Crippen LogP contribution in [0.15, 0.2) is 24.3 Å². The Morgan fingerprint density at radius 1 is 1.11 bits per heavy atom. The highest BCUT2D eigenvalue weighted by molar-refractivity contribution is 6.64. The number of piperidine rings is 1. The highest BCUT2D eigenvalue weighted by Crippen LogP contribution is 2.21. The molecule has 2 rings (SSSR count). The highest BCUT2D eigenvalue weighted by Gasteiger charge is 2.26. The Morgan fingerprint density at radius 2 is 1.67 bits per heavy atom. The Morgan fingerprint density at radius 3 is 2.17 bits per heavy atom. The van der Waals surface area contributed by atoms with Crippen molar-refractivity contribution in [2.45, 2.75) is 12.8 Å². The summed E-state index contributed by atoms with van der Waals surface area (Å²) in [5, 5.41) is 0.312. The monoisotopic (exact) mass is 285 g/mol. The predicted octanol–water partition coefficient (Wildman–Crippen LogP) is 2.96. The molecular formula is C13H13Cl2NO2. The van der Waals surface area contributed by atoms with Crippen LogP contribution in [0.2, 0.25) is 5.02 Å². The summed E-state index contributed by atoms with van der Waals surface area (Å²) in [6.45, 7) is 1.15. The van der Waals surface area contributed by atoms with Crippen molar-refractivity contribution >= 4 is 34.4 Å². The third-order valence-corrected chi connectivity index (χ3v) is 3.75. The molecule has 0 saturated carbocycles. The van der Waals surface area contributed by atoms with Crippen LogP contribution >= 0.6 is 23.2 Å². The van der Waals surface area contributed by atoms with Crippen LogP contribution in [0.3, 0.4) is 0 Å². The number of halogens is 2. The zero-order valence-electron chi connectivity index (χ0n) is 9.73. The minimum atomic E-state index is -0.298. The molecule has 0 atom stereocenters. The molecule has 1 heterocycles. The van der Waals surface area contributed by atoms with E-state index in [9.17, 15) is 9.59 Å². The van der Waals surface area contributed by atoms with Crippen molar-refractivity contribution in [3.05, 3.63) is 34.9 Å². The Balaban J connectivity index is 1.99. The fraction of sp³-hybridized carbons (Fsp3) is 0.385. The zero-order valence-corrected chi connectivity index (χ0v) is 11.2. The van der Waals surface area contributed by atoms with Gasteiger partial charge in [-0.3, -0.25) is 9.59 Å². The van der Waals surface area contributed by atoms with E-state index in [2.05, 4.69) is 0 Å². The van der Waals surface area contributed by atoms with Gasteiger partial charge in [0.25, 0.3) is 5.91 Å². The number of carbonyl (C=O) groups is 2. The Bertz CT molecular complexity index is 451. The first-order valence-electron chi connectivity index (χ1n) is 5.82. The normalized spacial score (nSPS) is 16.7. The summed E-state index contributed by atoms with van der Waals surface area (Å²) in [6, 6.07) is 6.82. The van der Waals surface area contributed by atoms with Gasteiger partial charge in [0, 0.05) is 29.6 Å². The van der Waals surface area contributed by atoms with E-state index in [1.807, 2.05) is 0 Å². The molecule has 0 unspecified atom stereocenters. The minimum Gasteiger partial charge on any atom is -0.339 e. The van der Waals surface area contributed by atoms with Gasteiger partial charge in [0.15, 0.2) is 0 Å². The van der Waals surface area contributed by atoms with Gasteiger partial charge >= 0.3 is 0 Å². The molecule has 5 heteroatoms. The number of hydrogen-bond acceptors (Lipinski definition) is 2. The van der Waals surface area contributed by atoms with Gasteiger partial charge in [0.05, 0.1) is 0 Å². The van der Waals surface area contributed by atoms with Crippen LogP contribution in [0.5, 0.6) is 0 Å². The number of hydrogen-bond donors (Lipinski definition) is 0. The molecule has 1 aromatic carbocycles. The third-order valence-electron chi connectivity index (χ3n) is 3.19. The van der Waals surface area contributed by atoms with Gasteiger partial charge in [-0.1, -0.05) is 11.6 Å². The maximum absolute atomic E-state index is 12.2. The van der Waals surface area contributed by atoms with E-state index >= 15 is 0 Å². The molecule has 1 saturated heterocycles. The van der Waals surface area contributed by atoms with Gasteiger partial charge in [-0.05, 0) is 48.7 Å². The summed E-state index contributed by atoms with van der Waals surface area (Å²) in [6.07, 6.45) is 1.28. The lowest BCUT2D eigenvalue weighted by Gasteiger charge is -2.30. The maximum Gasteiger partial charge on any atom is 0.253 e. The average Bonchev–Trinajstić information content (AvgIpc) is 2.39. The molecule has 1 aliphatic heterocycles. The van der Waals surface area contributed by atoms with Crippen LogP contribution in [0.4, 0.5) is 0 Å². The van der Waals surface area contributed by atoms with Crippen LogP contribution in [0.1, 0.15) is 23.2 Å². The van der Waals surface area contributed by atoms with Crippen LogP contribution in [0, 0.1) is 5.92 Å². The first-order chi connectivity index (χ1) is 8.58. The van der Waals surface area contributed by atoms with E-state index in [1.54, 1.807) is 29.2 Å². The van der Waals surface area contributed by atoms with Crippen molar-refractivity contribution in [1.82, 2.24) is 4.90 Å². The number of carbonyl (C=O) groups excluding carboxylic acids is 2. The number of amides is 1. The molecular weight excluding hydrogens is 273 g/mol. The summed E-state index contributed by atoms with van der Waals surface area (Å²) in [7, 11) is 0. The summed E-state index contributed by atoms with van der Waals surface area (Å²) in [4.78, 5) is 24.9. The lowest BCUT2D eigenvalue weighted by molar-refractivity contribution is -0.116. The fourth-order valence-corrected chi connectivity index (χ4v) is 2.43. The van der Waals surface area contributed by atoms with E-state index in [-0.39, 0.29) is 17.1 Å². The standard InChI is InChI=1S/C13H13Cl2NO2/c14-11-3-1-10(2-4-11)13(18)16-7-5-9(6-8-16)12(15)17/h1-4,9H,5-8H2. The van der Waals surface area contributed by atoms with Gasteiger partial charge in [-0.25, -0.2) is 0 Å². The third kappa shape index (κ3) is 3.03. The number of rotatable bonds is 2. The van der Waals surface area contributed by atoms with E-state index in [4.69, 9.17) is 23.2 Å². The van der Waals surface area contributed by atoms with Gasteiger partial charge in [-0.2, -0.15) is 0 Å². The molecule has 0 aromatic heterocycles.